The lowest BCUT2D eigenvalue weighted by Crippen LogP contribution is -2.32. The summed E-state index contributed by atoms with van der Waals surface area (Å²) < 4.78 is 20.0. The van der Waals surface area contributed by atoms with E-state index in [-0.39, 0.29) is 39.9 Å². The Hall–Kier alpha value is -4.70. The minimum absolute atomic E-state index is 0.228. The van der Waals surface area contributed by atoms with Crippen LogP contribution in [-0.4, -0.2) is 26.5 Å². The van der Waals surface area contributed by atoms with Gasteiger partial charge in [-0.05, 0) is 35.9 Å². The van der Waals surface area contributed by atoms with Crippen LogP contribution < -0.4 is 19.7 Å². The number of fused-ring (bicyclic) bond motifs is 2. The van der Waals surface area contributed by atoms with Crippen molar-refractivity contribution in [2.75, 3.05) is 4.90 Å². The minimum atomic E-state index is -0.486. The number of rotatable bonds is 4. The number of nitrogens with zero attached hydrogens (tertiary/aromatic N) is 4. The summed E-state index contributed by atoms with van der Waals surface area (Å²) in [5.74, 6) is -0.656. The zero-order valence-corrected chi connectivity index (χ0v) is 20.2. The second-order valence-electron chi connectivity index (χ2n) is 8.37. The number of anilines is 1. The lowest BCUT2D eigenvalue weighted by atomic mass is 10.1. The van der Waals surface area contributed by atoms with Crippen LogP contribution in [0, 0.1) is 5.82 Å². The molecule has 6 rings (SSSR count). The molecule has 2 aromatic heterocycles. The SMILES string of the molecule is CC(=O)Oc1ccccc1-c1nc2s/c(=C3\C(=O)N(Cc4ccc(F)cc4)c4ccccc43)c(=O)n2n1. The van der Waals surface area contributed by atoms with Crippen molar-refractivity contribution in [2.24, 2.45) is 0 Å². The quantitative estimate of drug-likeness (QED) is 0.271. The first-order valence-electron chi connectivity index (χ1n) is 11.3. The van der Waals surface area contributed by atoms with E-state index in [0.717, 1.165) is 21.4 Å². The highest BCUT2D eigenvalue weighted by Gasteiger charge is 2.34. The van der Waals surface area contributed by atoms with E-state index >= 15 is 0 Å². The molecule has 3 aromatic carbocycles. The Labute approximate surface area is 212 Å². The van der Waals surface area contributed by atoms with E-state index in [4.69, 9.17) is 4.74 Å². The highest BCUT2D eigenvalue weighted by Crippen LogP contribution is 2.36. The van der Waals surface area contributed by atoms with Crippen molar-refractivity contribution in [3.8, 4) is 17.1 Å². The van der Waals surface area contributed by atoms with E-state index < -0.39 is 11.5 Å². The summed E-state index contributed by atoms with van der Waals surface area (Å²) in [4.78, 5) is 44.9. The second kappa shape index (κ2) is 8.75. The molecule has 0 fully saturated rings. The molecule has 1 amide bonds. The molecule has 10 heteroatoms. The molecule has 37 heavy (non-hydrogen) atoms. The molecule has 0 spiro atoms. The maximum atomic E-state index is 13.6. The van der Waals surface area contributed by atoms with Crippen LogP contribution in [0.2, 0.25) is 0 Å². The molecule has 0 saturated carbocycles. The van der Waals surface area contributed by atoms with Crippen LogP contribution >= 0.6 is 11.3 Å². The van der Waals surface area contributed by atoms with Gasteiger partial charge in [-0.25, -0.2) is 4.39 Å². The van der Waals surface area contributed by atoms with Gasteiger partial charge in [0.05, 0.1) is 23.4 Å². The molecule has 1 aliphatic rings. The number of para-hydroxylation sites is 2. The highest BCUT2D eigenvalue weighted by molar-refractivity contribution is 7.15. The van der Waals surface area contributed by atoms with Gasteiger partial charge in [0.15, 0.2) is 5.82 Å². The van der Waals surface area contributed by atoms with Gasteiger partial charge in [0.25, 0.3) is 11.5 Å². The fraction of sp³-hybridized carbons (Fsp3) is 0.0741. The van der Waals surface area contributed by atoms with Crippen LogP contribution in [0.5, 0.6) is 5.75 Å². The monoisotopic (exact) mass is 512 g/mol. The Bertz CT molecular complexity index is 1830. The van der Waals surface area contributed by atoms with E-state index in [2.05, 4.69) is 10.1 Å². The number of benzene rings is 3. The van der Waals surface area contributed by atoms with Crippen molar-refractivity contribution in [1.82, 2.24) is 14.6 Å². The normalized spacial score (nSPS) is 14.3. The molecule has 0 bridgehead atoms. The number of ether oxygens (including phenoxy) is 1. The van der Waals surface area contributed by atoms with Crippen LogP contribution in [0.25, 0.3) is 21.9 Å². The molecule has 182 valence electrons. The smallest absolute Gasteiger partial charge is 0.308 e. The topological polar surface area (TPSA) is 93.9 Å². The summed E-state index contributed by atoms with van der Waals surface area (Å²) >= 11 is 1.07. The molecular weight excluding hydrogens is 495 g/mol. The summed E-state index contributed by atoms with van der Waals surface area (Å²) in [7, 11) is 0. The van der Waals surface area contributed by atoms with Gasteiger partial charge in [0, 0.05) is 12.5 Å². The largest absolute Gasteiger partial charge is 0.426 e. The molecule has 0 atom stereocenters. The van der Waals surface area contributed by atoms with E-state index in [1.54, 1.807) is 53.4 Å². The van der Waals surface area contributed by atoms with Crippen LogP contribution in [0.1, 0.15) is 18.1 Å². The first kappa shape index (κ1) is 22.7. The highest BCUT2D eigenvalue weighted by atomic mass is 32.1. The van der Waals surface area contributed by atoms with Gasteiger partial charge in [0.1, 0.15) is 16.1 Å². The van der Waals surface area contributed by atoms with Gasteiger partial charge in [-0.1, -0.05) is 53.8 Å². The fourth-order valence-electron chi connectivity index (χ4n) is 4.32. The summed E-state index contributed by atoms with van der Waals surface area (Å²) in [6.45, 7) is 1.52. The van der Waals surface area contributed by atoms with Crippen molar-refractivity contribution in [2.45, 2.75) is 13.5 Å². The predicted molar refractivity (Wildman–Crippen MR) is 136 cm³/mol. The summed E-state index contributed by atoms with van der Waals surface area (Å²) in [5.41, 5.74) is 2.34. The standard InChI is InChI=1S/C27H17FN4O4S/c1-15(33)36-21-9-5-3-7-19(21)24-29-27-32(30-24)26(35)23(37-27)22-18-6-2-4-8-20(18)31(25(22)34)14-16-10-12-17(28)13-11-16/h2-13H,14H2,1H3/b23-22-. The van der Waals surface area contributed by atoms with Crippen molar-refractivity contribution >= 4 is 39.4 Å². The van der Waals surface area contributed by atoms with E-state index in [1.165, 1.54) is 19.1 Å². The van der Waals surface area contributed by atoms with E-state index in [0.29, 0.717) is 21.8 Å². The molecule has 0 radical (unpaired) electrons. The molecule has 1 aliphatic heterocycles. The maximum Gasteiger partial charge on any atom is 0.308 e. The molecule has 0 aliphatic carbocycles. The van der Waals surface area contributed by atoms with Gasteiger partial charge in [-0.2, -0.15) is 9.50 Å². The van der Waals surface area contributed by atoms with Crippen molar-refractivity contribution in [1.29, 1.82) is 0 Å². The van der Waals surface area contributed by atoms with E-state index in [9.17, 15) is 18.8 Å². The third-order valence-electron chi connectivity index (χ3n) is 5.94. The molecular formula is C27H17FN4O4S. The Morgan fingerprint density at radius 1 is 0.973 bits per heavy atom. The lowest BCUT2D eigenvalue weighted by molar-refractivity contribution is -0.131. The Morgan fingerprint density at radius 3 is 2.41 bits per heavy atom. The maximum absolute atomic E-state index is 13.6. The Kier molecular flexibility index (Phi) is 5.38. The number of aromatic nitrogens is 3. The average Bonchev–Trinajstić information content (AvgIpc) is 3.51. The number of hydrogen-bond acceptors (Lipinski definition) is 7. The number of hydrogen-bond donors (Lipinski definition) is 0. The van der Waals surface area contributed by atoms with Crippen molar-refractivity contribution < 1.29 is 18.7 Å². The number of carbonyl (C=O) groups excluding carboxylic acids is 2. The number of carbonyl (C=O) groups is 2. The van der Waals surface area contributed by atoms with Gasteiger partial charge in [-0.15, -0.1) is 5.10 Å². The van der Waals surface area contributed by atoms with Gasteiger partial charge >= 0.3 is 5.97 Å². The molecule has 8 nitrogen and oxygen atoms in total. The zero-order valence-electron chi connectivity index (χ0n) is 19.3. The van der Waals surface area contributed by atoms with Gasteiger partial charge in [0.2, 0.25) is 4.96 Å². The summed E-state index contributed by atoms with van der Waals surface area (Å²) in [5, 5.41) is 4.36. The number of halogens is 1. The summed E-state index contributed by atoms with van der Waals surface area (Å²) in [6, 6.07) is 20.0. The Morgan fingerprint density at radius 2 is 1.68 bits per heavy atom. The van der Waals surface area contributed by atoms with Crippen LogP contribution in [0.15, 0.2) is 77.6 Å². The average molecular weight is 513 g/mol. The second-order valence-corrected chi connectivity index (χ2v) is 9.34. The van der Waals surface area contributed by atoms with Gasteiger partial charge in [-0.3, -0.25) is 14.4 Å². The molecule has 5 aromatic rings. The van der Waals surface area contributed by atoms with Crippen molar-refractivity contribution in [3.05, 3.63) is 105 Å². The fourth-order valence-corrected chi connectivity index (χ4v) is 5.32. The molecule has 0 saturated heterocycles. The predicted octanol–water partition coefficient (Wildman–Crippen LogP) is 3.35. The number of amides is 1. The molecule has 0 N–H and O–H groups in total. The van der Waals surface area contributed by atoms with Crippen molar-refractivity contribution in [3.63, 3.8) is 0 Å². The molecule has 0 unspecified atom stereocenters. The number of esters is 1. The number of thiazole rings is 1. The van der Waals surface area contributed by atoms with Gasteiger partial charge < -0.3 is 9.64 Å². The third-order valence-corrected chi connectivity index (χ3v) is 6.97. The first-order valence-corrected chi connectivity index (χ1v) is 12.1. The summed E-state index contributed by atoms with van der Waals surface area (Å²) in [6.07, 6.45) is 0. The zero-order chi connectivity index (χ0) is 25.7. The Balaban J connectivity index is 1.47. The lowest BCUT2D eigenvalue weighted by Gasteiger charge is -2.17. The minimum Gasteiger partial charge on any atom is -0.426 e. The molecule has 3 heterocycles. The van der Waals surface area contributed by atoms with Crippen LogP contribution in [0.3, 0.4) is 0 Å². The first-order chi connectivity index (χ1) is 17.9. The van der Waals surface area contributed by atoms with E-state index in [1.807, 2.05) is 12.1 Å². The van der Waals surface area contributed by atoms with Crippen LogP contribution in [-0.2, 0) is 16.1 Å². The third kappa shape index (κ3) is 3.87. The van der Waals surface area contributed by atoms with Crippen LogP contribution in [0.4, 0.5) is 10.1 Å².